The molecule has 2 rings (SSSR count). The van der Waals surface area contributed by atoms with Crippen molar-refractivity contribution in [2.45, 2.75) is 25.0 Å². The molecule has 4 atom stereocenters. The monoisotopic (exact) mass is 220 g/mol. The molecule has 0 amide bonds. The Kier molecular flexibility index (Phi) is 4.20. The number of rotatable bonds is 2. The second-order valence-corrected chi connectivity index (χ2v) is 3.48. The summed E-state index contributed by atoms with van der Waals surface area (Å²) in [6.07, 6.45) is 0.232. The van der Waals surface area contributed by atoms with Crippen LogP contribution in [-0.4, -0.2) is 24.1 Å². The van der Waals surface area contributed by atoms with Gasteiger partial charge in [-0.15, -0.1) is 0 Å². The fourth-order valence-electron chi connectivity index (χ4n) is 2.28. The number of carbonyl (C=O) groups is 2. The van der Waals surface area contributed by atoms with Crippen molar-refractivity contribution < 1.29 is 24.5 Å². The van der Waals surface area contributed by atoms with Gasteiger partial charge >= 0.3 is 0 Å². The van der Waals surface area contributed by atoms with Crippen LogP contribution in [-0.2, 0) is 14.3 Å². The number of fused-ring (bicyclic) bond motifs is 2. The topological polar surface area (TPSA) is 162 Å². The molecule has 0 aromatic heterocycles. The van der Waals surface area contributed by atoms with Crippen molar-refractivity contribution in [1.29, 1.82) is 0 Å². The minimum absolute atomic E-state index is 0. The highest BCUT2D eigenvalue weighted by atomic mass is 16.5. The standard InChI is InChI=1S/C8H10O5.2H3N/c9-7(10)5-3-1-2-4(13-3)6(5)8(11)12;;/h3-6H,1-2H2,(H,9,10)(H,11,12);2*1H3. The number of aliphatic carboxylic acids is 2. The summed E-state index contributed by atoms with van der Waals surface area (Å²) < 4.78 is 5.18. The summed E-state index contributed by atoms with van der Waals surface area (Å²) >= 11 is 0. The van der Waals surface area contributed by atoms with Crippen LogP contribution in [0.5, 0.6) is 0 Å². The molecule has 88 valence electrons. The molecule has 2 saturated heterocycles. The van der Waals surface area contributed by atoms with Crippen LogP contribution >= 0.6 is 0 Å². The third kappa shape index (κ3) is 1.94. The Bertz CT molecular complexity index is 244. The smallest absolute Gasteiger partial charge is 0.0667 e. The molecule has 2 aliphatic heterocycles. The number of quaternary nitrogens is 2. The van der Waals surface area contributed by atoms with Gasteiger partial charge in [-0.25, -0.2) is 0 Å². The Balaban J connectivity index is 0.000000980. The van der Waals surface area contributed by atoms with Crippen LogP contribution in [0.2, 0.25) is 0 Å². The minimum Gasteiger partial charge on any atom is -0.550 e. The lowest BCUT2D eigenvalue weighted by molar-refractivity contribution is -0.326. The molecule has 0 spiro atoms. The lowest BCUT2D eigenvalue weighted by Gasteiger charge is -2.28. The highest BCUT2D eigenvalue weighted by Gasteiger charge is 2.50. The zero-order valence-corrected chi connectivity index (χ0v) is 8.76. The first-order valence-electron chi connectivity index (χ1n) is 4.18. The van der Waals surface area contributed by atoms with Crippen molar-refractivity contribution in [1.82, 2.24) is 12.3 Å². The maximum atomic E-state index is 10.6. The van der Waals surface area contributed by atoms with Crippen LogP contribution in [0.3, 0.4) is 0 Å². The predicted octanol–water partition coefficient (Wildman–Crippen LogP) is -1.97. The van der Waals surface area contributed by atoms with Gasteiger partial charge in [-0.2, -0.15) is 0 Å². The predicted molar refractivity (Wildman–Crippen MR) is 46.9 cm³/mol. The van der Waals surface area contributed by atoms with Crippen molar-refractivity contribution in [3.8, 4) is 0 Å². The van der Waals surface area contributed by atoms with Crippen LogP contribution in [0.4, 0.5) is 0 Å². The molecule has 4 unspecified atom stereocenters. The normalized spacial score (nSPS) is 36.5. The zero-order chi connectivity index (χ0) is 9.59. The lowest BCUT2D eigenvalue weighted by Crippen LogP contribution is -2.48. The first kappa shape index (κ1) is 13.8. The Morgan fingerprint density at radius 1 is 0.933 bits per heavy atom. The largest absolute Gasteiger partial charge is 0.550 e. The van der Waals surface area contributed by atoms with E-state index in [1.165, 1.54) is 0 Å². The van der Waals surface area contributed by atoms with Crippen LogP contribution < -0.4 is 22.5 Å². The van der Waals surface area contributed by atoms with Crippen molar-refractivity contribution in [3.63, 3.8) is 0 Å². The van der Waals surface area contributed by atoms with Gasteiger partial charge in [-0.05, 0) is 12.8 Å². The molecule has 7 heteroatoms. The van der Waals surface area contributed by atoms with E-state index in [-0.39, 0.29) is 12.3 Å². The van der Waals surface area contributed by atoms with Gasteiger partial charge in [0, 0.05) is 23.8 Å². The summed E-state index contributed by atoms with van der Waals surface area (Å²) in [5.41, 5.74) is 0. The van der Waals surface area contributed by atoms with Gasteiger partial charge < -0.3 is 36.8 Å². The molecule has 8 N–H and O–H groups in total. The van der Waals surface area contributed by atoms with Crippen LogP contribution in [0.15, 0.2) is 0 Å². The van der Waals surface area contributed by atoms with E-state index < -0.39 is 36.0 Å². The Labute approximate surface area is 86.6 Å². The van der Waals surface area contributed by atoms with Gasteiger partial charge in [-0.3, -0.25) is 0 Å². The van der Waals surface area contributed by atoms with Crippen molar-refractivity contribution in [2.75, 3.05) is 0 Å². The van der Waals surface area contributed by atoms with E-state index in [9.17, 15) is 19.8 Å². The van der Waals surface area contributed by atoms with E-state index in [1.54, 1.807) is 0 Å². The number of ether oxygens (including phenoxy) is 1. The van der Waals surface area contributed by atoms with Gasteiger partial charge in [0.2, 0.25) is 0 Å². The third-order valence-electron chi connectivity index (χ3n) is 2.82. The summed E-state index contributed by atoms with van der Waals surface area (Å²) in [4.78, 5) is 21.2. The van der Waals surface area contributed by atoms with E-state index in [1.807, 2.05) is 0 Å². The quantitative estimate of drug-likeness (QED) is 0.550. The molecule has 0 aromatic carbocycles. The van der Waals surface area contributed by atoms with Crippen LogP contribution in [0.1, 0.15) is 12.8 Å². The number of hydrogen-bond donors (Lipinski definition) is 2. The highest BCUT2D eigenvalue weighted by Crippen LogP contribution is 2.42. The average Bonchev–Trinajstić information content (AvgIpc) is 2.60. The van der Waals surface area contributed by atoms with E-state index >= 15 is 0 Å². The molecular weight excluding hydrogens is 204 g/mol. The number of carboxylic acids is 2. The lowest BCUT2D eigenvalue weighted by atomic mass is 9.79. The zero-order valence-electron chi connectivity index (χ0n) is 8.76. The first-order valence-corrected chi connectivity index (χ1v) is 4.18. The second kappa shape index (κ2) is 4.56. The summed E-state index contributed by atoms with van der Waals surface area (Å²) in [7, 11) is 0. The van der Waals surface area contributed by atoms with Crippen molar-refractivity contribution >= 4 is 11.9 Å². The molecule has 7 nitrogen and oxygen atoms in total. The number of carbonyl (C=O) groups excluding carboxylic acids is 2. The maximum Gasteiger partial charge on any atom is 0.0667 e. The first-order chi connectivity index (χ1) is 6.11. The summed E-state index contributed by atoms with van der Waals surface area (Å²) in [5.74, 6) is -4.74. The van der Waals surface area contributed by atoms with Gasteiger partial charge in [0.15, 0.2) is 0 Å². The second-order valence-electron chi connectivity index (χ2n) is 3.48. The molecule has 15 heavy (non-hydrogen) atoms. The highest BCUT2D eigenvalue weighted by molar-refractivity contribution is 5.80. The Morgan fingerprint density at radius 3 is 1.53 bits per heavy atom. The fourth-order valence-corrected chi connectivity index (χ4v) is 2.28. The van der Waals surface area contributed by atoms with Gasteiger partial charge in [0.1, 0.15) is 0 Å². The summed E-state index contributed by atoms with van der Waals surface area (Å²) in [6.45, 7) is 0. The molecule has 0 radical (unpaired) electrons. The summed E-state index contributed by atoms with van der Waals surface area (Å²) in [5, 5.41) is 21.2. The molecule has 0 aliphatic carbocycles. The molecule has 0 aromatic rings. The molecule has 2 bridgehead atoms. The molecular formula is C8H16N2O5. The van der Waals surface area contributed by atoms with E-state index in [0.29, 0.717) is 12.8 Å². The van der Waals surface area contributed by atoms with Crippen molar-refractivity contribution in [3.05, 3.63) is 0 Å². The fraction of sp³-hybridized carbons (Fsp3) is 0.750. The SMILES string of the molecule is O=C([O-])C1C2CCC(O2)C1C(=O)[O-].[NH4+].[NH4+]. The minimum atomic E-state index is -1.35. The average molecular weight is 220 g/mol. The van der Waals surface area contributed by atoms with Crippen LogP contribution in [0, 0.1) is 11.8 Å². The van der Waals surface area contributed by atoms with Gasteiger partial charge in [0.05, 0.1) is 12.2 Å². The van der Waals surface area contributed by atoms with E-state index in [4.69, 9.17) is 4.74 Å². The third-order valence-corrected chi connectivity index (χ3v) is 2.82. The van der Waals surface area contributed by atoms with Gasteiger partial charge in [0.25, 0.3) is 0 Å². The Morgan fingerprint density at radius 2 is 1.27 bits per heavy atom. The van der Waals surface area contributed by atoms with Gasteiger partial charge in [-0.1, -0.05) is 0 Å². The number of hydrogen-bond acceptors (Lipinski definition) is 5. The maximum absolute atomic E-state index is 10.6. The van der Waals surface area contributed by atoms with E-state index in [2.05, 4.69) is 0 Å². The Hall–Kier alpha value is -1.18. The van der Waals surface area contributed by atoms with Crippen molar-refractivity contribution in [2.24, 2.45) is 11.8 Å². The summed E-state index contributed by atoms with van der Waals surface area (Å²) in [6, 6.07) is 0. The number of carboxylic acid groups (broad SMARTS) is 2. The molecule has 2 fully saturated rings. The molecule has 0 saturated carbocycles. The molecule has 2 aliphatic rings. The van der Waals surface area contributed by atoms with Crippen LogP contribution in [0.25, 0.3) is 0 Å². The van der Waals surface area contributed by atoms with E-state index in [0.717, 1.165) is 0 Å². The molecule has 2 heterocycles.